The van der Waals surface area contributed by atoms with E-state index in [2.05, 4.69) is 10.3 Å². The van der Waals surface area contributed by atoms with Gasteiger partial charge in [0.05, 0.1) is 23.4 Å². The minimum Gasteiger partial charge on any atom is -0.455 e. The molecular weight excluding hydrogens is 485 g/mol. The first-order valence-electron chi connectivity index (χ1n) is 10.0. The second-order valence-corrected chi connectivity index (χ2v) is 10.3. The third-order valence-corrected chi connectivity index (χ3v) is 7.35. The number of fused-ring (bicyclic) bond motifs is 1. The molecule has 13 heteroatoms. The highest BCUT2D eigenvalue weighted by Gasteiger charge is 2.45. The Bertz CT molecular complexity index is 1370. The van der Waals surface area contributed by atoms with Crippen molar-refractivity contribution in [3.63, 3.8) is 0 Å². The number of hydrogen-bond donors (Lipinski definition) is 2. The van der Waals surface area contributed by atoms with Gasteiger partial charge in [0.15, 0.2) is 27.3 Å². The largest absolute Gasteiger partial charge is 0.455 e. The van der Waals surface area contributed by atoms with E-state index in [0.29, 0.717) is 18.1 Å². The van der Waals surface area contributed by atoms with Crippen LogP contribution >= 0.6 is 0 Å². The molecule has 2 N–H and O–H groups in total. The van der Waals surface area contributed by atoms with Gasteiger partial charge < -0.3 is 15.1 Å². The Morgan fingerprint density at radius 1 is 1.21 bits per heavy atom. The van der Waals surface area contributed by atoms with Gasteiger partial charge in [-0.15, -0.1) is 0 Å². The normalized spacial score (nSPS) is 18.7. The van der Waals surface area contributed by atoms with Gasteiger partial charge in [0.1, 0.15) is 11.6 Å². The van der Waals surface area contributed by atoms with E-state index in [-0.39, 0.29) is 34.1 Å². The average Bonchev–Trinajstić information content (AvgIpc) is 3.25. The quantitative estimate of drug-likeness (QED) is 0.501. The molecule has 1 unspecified atom stereocenters. The first kappa shape index (κ1) is 23.9. The van der Waals surface area contributed by atoms with E-state index < -0.39 is 51.1 Å². The Kier molecular flexibility index (Phi) is 6.00. The first-order chi connectivity index (χ1) is 15.8. The highest BCUT2D eigenvalue weighted by atomic mass is 32.2. The van der Waals surface area contributed by atoms with E-state index >= 15 is 0 Å². The summed E-state index contributed by atoms with van der Waals surface area (Å²) in [6.07, 6.45) is -2.03. The maximum Gasteiger partial charge on any atom is 0.416 e. The number of carbonyl (C=O) groups is 1. The number of aromatic nitrogens is 1. The van der Waals surface area contributed by atoms with Crippen molar-refractivity contribution in [1.82, 2.24) is 10.3 Å². The third kappa shape index (κ3) is 4.83. The number of urea groups is 1. The fraction of sp³-hybridized carbons (Fsp3) is 0.333. The number of nitrogens with one attached hydrogen (secondary N) is 2. The Hall–Kier alpha value is -3.22. The summed E-state index contributed by atoms with van der Waals surface area (Å²) in [5, 5.41) is 3.80. The number of pyridine rings is 1. The van der Waals surface area contributed by atoms with Crippen LogP contribution in [0.3, 0.4) is 0 Å². The number of alkyl halides is 3. The fourth-order valence-corrected chi connectivity index (χ4v) is 5.72. The van der Waals surface area contributed by atoms with Gasteiger partial charge in [0, 0.05) is 29.1 Å². The van der Waals surface area contributed by atoms with E-state index in [0.717, 1.165) is 6.07 Å². The molecule has 1 saturated heterocycles. The van der Waals surface area contributed by atoms with Crippen molar-refractivity contribution in [3.8, 4) is 0 Å². The number of halogens is 5. The molecule has 34 heavy (non-hydrogen) atoms. The number of amides is 2. The number of nitrogens with zero attached hydrogens (tertiary/aromatic N) is 1. The molecule has 182 valence electrons. The number of hydrogen-bond acceptors (Lipinski definition) is 5. The maximum absolute atomic E-state index is 14.0. The molecule has 1 aliphatic rings. The van der Waals surface area contributed by atoms with Crippen LogP contribution in [0.4, 0.5) is 32.4 Å². The van der Waals surface area contributed by atoms with Crippen molar-refractivity contribution >= 4 is 32.5 Å². The van der Waals surface area contributed by atoms with Crippen molar-refractivity contribution < 1.29 is 39.6 Å². The van der Waals surface area contributed by atoms with Crippen molar-refractivity contribution in [1.29, 1.82) is 0 Å². The molecule has 4 rings (SSSR count). The van der Waals surface area contributed by atoms with Crippen LogP contribution in [-0.2, 0) is 9.84 Å². The molecule has 0 aliphatic carbocycles. The Morgan fingerprint density at radius 2 is 1.94 bits per heavy atom. The molecule has 0 radical (unpaired) electrons. The van der Waals surface area contributed by atoms with Crippen LogP contribution in [0.25, 0.3) is 11.0 Å². The molecule has 1 aliphatic heterocycles. The summed E-state index contributed by atoms with van der Waals surface area (Å²) in [5.74, 6) is -3.35. The number of sulfone groups is 1. The number of carbonyl (C=O) groups excluding carboxylic acids is 1. The zero-order chi connectivity index (χ0) is 24.8. The van der Waals surface area contributed by atoms with Gasteiger partial charge in [0.25, 0.3) is 0 Å². The van der Waals surface area contributed by atoms with Gasteiger partial charge in [0.2, 0.25) is 0 Å². The van der Waals surface area contributed by atoms with Crippen LogP contribution in [0, 0.1) is 18.6 Å². The number of benzene rings is 1. The van der Waals surface area contributed by atoms with E-state index in [1.54, 1.807) is 5.32 Å². The van der Waals surface area contributed by atoms with Crippen LogP contribution in [0.2, 0.25) is 0 Å². The molecule has 2 atom stereocenters. The lowest BCUT2D eigenvalue weighted by atomic mass is 10.0. The minimum atomic E-state index is -5.02. The van der Waals surface area contributed by atoms with Gasteiger partial charge >= 0.3 is 12.2 Å². The highest BCUT2D eigenvalue weighted by Crippen LogP contribution is 2.39. The minimum absolute atomic E-state index is 0.0183. The summed E-state index contributed by atoms with van der Waals surface area (Å²) in [4.78, 5) is 16.3. The standard InChI is InChI=1S/C21H18F5N3O4S/c1-10-15-5-13(22)6-16(23)18(15)33-17(10)19(21(24,25)26)29-20(30)28-14-4-12(7-27-8-14)11-2-3-34(31,32)9-11/h4-8,11,19H,2-3,9H2,1H3,(H2,28,29,30)/t11-,19?/m1/s1. The molecular formula is C21H18F5N3O4S. The van der Waals surface area contributed by atoms with Gasteiger partial charge in [-0.2, -0.15) is 13.2 Å². The summed E-state index contributed by atoms with van der Waals surface area (Å²) in [5.41, 5.74) is -0.164. The van der Waals surface area contributed by atoms with Crippen molar-refractivity contribution in [2.75, 3.05) is 16.8 Å². The second kappa shape index (κ2) is 8.53. The Balaban J connectivity index is 1.57. The van der Waals surface area contributed by atoms with Gasteiger partial charge in [-0.3, -0.25) is 4.98 Å². The van der Waals surface area contributed by atoms with Crippen LogP contribution in [0.5, 0.6) is 0 Å². The van der Waals surface area contributed by atoms with Crippen LogP contribution in [-0.4, -0.2) is 37.1 Å². The van der Waals surface area contributed by atoms with E-state index in [1.807, 2.05) is 0 Å². The van der Waals surface area contributed by atoms with Crippen molar-refractivity contribution in [3.05, 3.63) is 59.1 Å². The monoisotopic (exact) mass is 503 g/mol. The zero-order valence-electron chi connectivity index (χ0n) is 17.5. The lowest BCUT2D eigenvalue weighted by molar-refractivity contribution is -0.158. The number of furan rings is 1. The summed E-state index contributed by atoms with van der Waals surface area (Å²) in [6, 6.07) is -1.15. The smallest absolute Gasteiger partial charge is 0.416 e. The topological polar surface area (TPSA) is 101 Å². The predicted molar refractivity (Wildman–Crippen MR) is 112 cm³/mol. The number of rotatable bonds is 4. The van der Waals surface area contributed by atoms with Gasteiger partial charge in [-0.05, 0) is 31.0 Å². The van der Waals surface area contributed by atoms with E-state index in [1.165, 1.54) is 25.4 Å². The summed E-state index contributed by atoms with van der Waals surface area (Å²) >= 11 is 0. The fourth-order valence-electron chi connectivity index (χ4n) is 3.94. The third-order valence-electron chi connectivity index (χ3n) is 5.58. The highest BCUT2D eigenvalue weighted by molar-refractivity contribution is 7.91. The van der Waals surface area contributed by atoms with Crippen LogP contribution in [0.1, 0.15) is 35.3 Å². The molecule has 0 saturated carbocycles. The average molecular weight is 503 g/mol. The number of anilines is 1. The molecule has 3 aromatic rings. The molecule has 0 bridgehead atoms. The van der Waals surface area contributed by atoms with Gasteiger partial charge in [-0.1, -0.05) is 0 Å². The summed E-state index contributed by atoms with van der Waals surface area (Å²) in [7, 11) is -3.18. The Morgan fingerprint density at radius 3 is 2.59 bits per heavy atom. The first-order valence-corrected chi connectivity index (χ1v) is 11.8. The van der Waals surface area contributed by atoms with Gasteiger partial charge in [-0.25, -0.2) is 22.0 Å². The van der Waals surface area contributed by atoms with Crippen LogP contribution in [0.15, 0.2) is 35.0 Å². The summed E-state index contributed by atoms with van der Waals surface area (Å²) in [6.45, 7) is 1.20. The van der Waals surface area contributed by atoms with E-state index in [4.69, 9.17) is 4.42 Å². The summed E-state index contributed by atoms with van der Waals surface area (Å²) < 4.78 is 97.4. The molecule has 2 aromatic heterocycles. The number of aryl methyl sites for hydroxylation is 1. The SMILES string of the molecule is Cc1c(C(NC(=O)Nc2cncc([C@@H]3CCS(=O)(=O)C3)c2)C(F)(F)F)oc2c(F)cc(F)cc12. The lowest BCUT2D eigenvalue weighted by Crippen LogP contribution is -2.40. The predicted octanol–water partition coefficient (Wildman–Crippen LogP) is 4.74. The molecule has 1 aromatic carbocycles. The molecule has 3 heterocycles. The Labute approximate surface area is 190 Å². The van der Waals surface area contributed by atoms with Crippen LogP contribution < -0.4 is 10.6 Å². The second-order valence-electron chi connectivity index (χ2n) is 8.04. The zero-order valence-corrected chi connectivity index (χ0v) is 18.4. The molecule has 2 amide bonds. The molecule has 1 fully saturated rings. The maximum atomic E-state index is 14.0. The molecule has 7 nitrogen and oxygen atoms in total. The molecule has 0 spiro atoms. The van der Waals surface area contributed by atoms with E-state index in [9.17, 15) is 35.2 Å². The lowest BCUT2D eigenvalue weighted by Gasteiger charge is -2.21. The van der Waals surface area contributed by atoms with Crippen molar-refractivity contribution in [2.24, 2.45) is 0 Å². The van der Waals surface area contributed by atoms with Crippen molar-refractivity contribution in [2.45, 2.75) is 31.5 Å².